The minimum atomic E-state index is -0.863. The van der Waals surface area contributed by atoms with Crippen LogP contribution in [0.5, 0.6) is 0 Å². The van der Waals surface area contributed by atoms with Crippen molar-refractivity contribution in [3.8, 4) is 0 Å². The van der Waals surface area contributed by atoms with Crippen LogP contribution in [0.3, 0.4) is 0 Å². The van der Waals surface area contributed by atoms with Gasteiger partial charge in [0, 0.05) is 12.1 Å². The molecule has 88 valence electrons. The maximum Gasteiger partial charge on any atom is 0.243 e. The lowest BCUT2D eigenvalue weighted by Gasteiger charge is -2.23. The van der Waals surface area contributed by atoms with Gasteiger partial charge in [0.25, 0.3) is 0 Å². The van der Waals surface area contributed by atoms with E-state index in [0.717, 1.165) is 0 Å². The summed E-state index contributed by atoms with van der Waals surface area (Å²) in [5.41, 5.74) is 0.597. The highest BCUT2D eigenvalue weighted by Gasteiger charge is 2.34. The summed E-state index contributed by atoms with van der Waals surface area (Å²) in [4.78, 5) is 27.3. The number of nitrogens with zero attached hydrogens (tertiary/aromatic N) is 1. The van der Waals surface area contributed by atoms with E-state index in [1.807, 2.05) is 0 Å². The first kappa shape index (κ1) is 11.6. The van der Waals surface area contributed by atoms with Gasteiger partial charge in [0.05, 0.1) is 0 Å². The fourth-order valence-corrected chi connectivity index (χ4v) is 1.72. The minimum Gasteiger partial charge on any atom is -0.295 e. The Kier molecular flexibility index (Phi) is 3.10. The second-order valence-electron chi connectivity index (χ2n) is 3.54. The highest BCUT2D eigenvalue weighted by Crippen LogP contribution is 2.20. The molecule has 0 atom stereocenters. The lowest BCUT2D eigenvalue weighted by molar-refractivity contribution is -0.131. The molecule has 1 aliphatic rings. The van der Waals surface area contributed by atoms with Crippen LogP contribution >= 0.6 is 11.6 Å². The molecule has 1 heterocycles. The summed E-state index contributed by atoms with van der Waals surface area (Å²) in [6, 6.07) is 6.59. The molecular formula is C11H10ClN3O2. The van der Waals surface area contributed by atoms with E-state index >= 15 is 0 Å². The SMILES string of the molecule is CN=C1NC(=O)C(c2ccc(Cl)cc2)C(=O)N1. The van der Waals surface area contributed by atoms with Crippen LogP contribution in [0.25, 0.3) is 0 Å². The molecule has 1 aromatic carbocycles. The first-order chi connectivity index (χ1) is 8.11. The van der Waals surface area contributed by atoms with Crippen LogP contribution in [0.15, 0.2) is 29.3 Å². The number of aliphatic imine (C=N–C) groups is 1. The summed E-state index contributed by atoms with van der Waals surface area (Å²) in [6.45, 7) is 0. The highest BCUT2D eigenvalue weighted by atomic mass is 35.5. The van der Waals surface area contributed by atoms with Gasteiger partial charge in [-0.05, 0) is 17.7 Å². The van der Waals surface area contributed by atoms with Crippen molar-refractivity contribution in [1.82, 2.24) is 10.6 Å². The topological polar surface area (TPSA) is 70.6 Å². The van der Waals surface area contributed by atoms with Crippen molar-refractivity contribution < 1.29 is 9.59 Å². The number of carbonyl (C=O) groups excluding carboxylic acids is 2. The lowest BCUT2D eigenvalue weighted by atomic mass is 9.96. The van der Waals surface area contributed by atoms with Crippen LogP contribution in [0.4, 0.5) is 0 Å². The van der Waals surface area contributed by atoms with Crippen molar-refractivity contribution in [2.24, 2.45) is 4.99 Å². The van der Waals surface area contributed by atoms with E-state index in [4.69, 9.17) is 11.6 Å². The quantitative estimate of drug-likeness (QED) is 0.720. The maximum absolute atomic E-state index is 11.8. The predicted octanol–water partition coefficient (Wildman–Crippen LogP) is 0.655. The Labute approximate surface area is 103 Å². The average molecular weight is 252 g/mol. The summed E-state index contributed by atoms with van der Waals surface area (Å²) < 4.78 is 0. The van der Waals surface area contributed by atoms with E-state index in [9.17, 15) is 9.59 Å². The molecule has 1 saturated heterocycles. The first-order valence-electron chi connectivity index (χ1n) is 4.96. The largest absolute Gasteiger partial charge is 0.295 e. The van der Waals surface area contributed by atoms with Gasteiger partial charge in [-0.2, -0.15) is 0 Å². The number of nitrogens with one attached hydrogen (secondary N) is 2. The van der Waals surface area contributed by atoms with Gasteiger partial charge < -0.3 is 0 Å². The molecule has 0 bridgehead atoms. The first-order valence-corrected chi connectivity index (χ1v) is 5.33. The lowest BCUT2D eigenvalue weighted by Crippen LogP contribution is -2.55. The number of benzene rings is 1. The number of hydrogen-bond acceptors (Lipinski definition) is 3. The third-order valence-electron chi connectivity index (χ3n) is 2.43. The van der Waals surface area contributed by atoms with E-state index in [-0.39, 0.29) is 5.96 Å². The zero-order valence-electron chi connectivity index (χ0n) is 9.03. The number of carbonyl (C=O) groups is 2. The Morgan fingerprint density at radius 1 is 1.12 bits per heavy atom. The number of guanidine groups is 1. The van der Waals surface area contributed by atoms with Crippen LogP contribution in [-0.2, 0) is 9.59 Å². The molecule has 0 aliphatic carbocycles. The van der Waals surface area contributed by atoms with Crippen molar-refractivity contribution in [1.29, 1.82) is 0 Å². The van der Waals surface area contributed by atoms with E-state index in [1.165, 1.54) is 7.05 Å². The Morgan fingerprint density at radius 3 is 2.12 bits per heavy atom. The maximum atomic E-state index is 11.8. The van der Waals surface area contributed by atoms with Gasteiger partial charge in [0.15, 0.2) is 0 Å². The third kappa shape index (κ3) is 2.29. The van der Waals surface area contributed by atoms with E-state index < -0.39 is 17.7 Å². The minimum absolute atomic E-state index is 0.171. The van der Waals surface area contributed by atoms with Crippen molar-refractivity contribution in [2.45, 2.75) is 5.92 Å². The Morgan fingerprint density at radius 2 is 1.65 bits per heavy atom. The number of amides is 2. The summed E-state index contributed by atoms with van der Waals surface area (Å²) in [5.74, 6) is -1.48. The molecule has 1 fully saturated rings. The van der Waals surface area contributed by atoms with Crippen LogP contribution in [0, 0.1) is 0 Å². The molecule has 0 aromatic heterocycles. The van der Waals surface area contributed by atoms with Gasteiger partial charge in [0.2, 0.25) is 17.8 Å². The molecule has 0 saturated carbocycles. The molecule has 0 radical (unpaired) electrons. The van der Waals surface area contributed by atoms with Crippen molar-refractivity contribution in [3.05, 3.63) is 34.9 Å². The summed E-state index contributed by atoms with van der Waals surface area (Å²) >= 11 is 5.75. The van der Waals surface area contributed by atoms with Gasteiger partial charge in [-0.15, -0.1) is 0 Å². The predicted molar refractivity (Wildman–Crippen MR) is 63.8 cm³/mol. The van der Waals surface area contributed by atoms with Gasteiger partial charge >= 0.3 is 0 Å². The third-order valence-corrected chi connectivity index (χ3v) is 2.69. The van der Waals surface area contributed by atoms with Gasteiger partial charge in [-0.1, -0.05) is 23.7 Å². The van der Waals surface area contributed by atoms with Crippen LogP contribution < -0.4 is 10.6 Å². The molecule has 17 heavy (non-hydrogen) atoms. The molecule has 5 nitrogen and oxygen atoms in total. The summed E-state index contributed by atoms with van der Waals surface area (Å²) in [5, 5.41) is 5.57. The van der Waals surface area contributed by atoms with E-state index in [0.29, 0.717) is 10.6 Å². The number of rotatable bonds is 1. The standard InChI is InChI=1S/C11H10ClN3O2/c1-13-11-14-9(16)8(10(17)15-11)6-2-4-7(12)5-3-6/h2-5,8H,1H3,(H2,13,14,15,16,17). The number of halogens is 1. The van der Waals surface area contributed by atoms with Gasteiger partial charge in [-0.3, -0.25) is 25.2 Å². The molecule has 6 heteroatoms. The molecule has 1 aliphatic heterocycles. The van der Waals surface area contributed by atoms with Crippen molar-refractivity contribution in [3.63, 3.8) is 0 Å². The monoisotopic (exact) mass is 251 g/mol. The Hall–Kier alpha value is -1.88. The van der Waals surface area contributed by atoms with Crippen LogP contribution in [0.2, 0.25) is 5.02 Å². The summed E-state index contributed by atoms with van der Waals surface area (Å²) in [7, 11) is 1.48. The van der Waals surface area contributed by atoms with Crippen LogP contribution in [0.1, 0.15) is 11.5 Å². The number of hydrogen-bond donors (Lipinski definition) is 2. The fraction of sp³-hybridized carbons (Fsp3) is 0.182. The average Bonchev–Trinajstić information content (AvgIpc) is 2.30. The molecule has 0 unspecified atom stereocenters. The van der Waals surface area contributed by atoms with Crippen LogP contribution in [-0.4, -0.2) is 24.8 Å². The zero-order chi connectivity index (χ0) is 12.4. The molecule has 0 spiro atoms. The van der Waals surface area contributed by atoms with Gasteiger partial charge in [0.1, 0.15) is 5.92 Å². The smallest absolute Gasteiger partial charge is 0.243 e. The van der Waals surface area contributed by atoms with Gasteiger partial charge in [-0.25, -0.2) is 0 Å². The Balaban J connectivity index is 2.30. The van der Waals surface area contributed by atoms with E-state index in [2.05, 4.69) is 15.6 Å². The molecular weight excluding hydrogens is 242 g/mol. The fourth-order valence-electron chi connectivity index (χ4n) is 1.60. The molecule has 1 aromatic rings. The van der Waals surface area contributed by atoms with Crippen molar-refractivity contribution in [2.75, 3.05) is 7.05 Å². The molecule has 2 amide bonds. The second kappa shape index (κ2) is 4.55. The Bertz CT molecular complexity index is 476. The molecule has 2 rings (SSSR count). The zero-order valence-corrected chi connectivity index (χ0v) is 9.78. The summed E-state index contributed by atoms with van der Waals surface area (Å²) in [6.07, 6.45) is 0. The molecule has 2 N–H and O–H groups in total. The second-order valence-corrected chi connectivity index (χ2v) is 3.97. The highest BCUT2D eigenvalue weighted by molar-refractivity contribution is 6.30. The van der Waals surface area contributed by atoms with Crippen molar-refractivity contribution >= 4 is 29.4 Å². The normalized spacial score (nSPS) is 19.6. The van der Waals surface area contributed by atoms with E-state index in [1.54, 1.807) is 24.3 Å².